The van der Waals surface area contributed by atoms with E-state index in [4.69, 9.17) is 4.74 Å². The normalized spacial score (nSPS) is 18.3. The molecule has 5 rings (SSSR count). The van der Waals surface area contributed by atoms with E-state index in [0.29, 0.717) is 43.7 Å². The first kappa shape index (κ1) is 30.2. The molecule has 9 nitrogen and oxygen atoms in total. The van der Waals surface area contributed by atoms with Gasteiger partial charge in [0.2, 0.25) is 23.6 Å². The SMILES string of the molecule is COCC(=O)N1CCC[C@H]1C(=O)Nc1ccc(/C=C/c2ccc(NC(=O)[C@@H]3CCCN3C(=O)Cc3cccs3)cc2)cc1. The minimum absolute atomic E-state index is 0.00843. The van der Waals surface area contributed by atoms with Gasteiger partial charge in [0.15, 0.2) is 0 Å². The fourth-order valence-electron chi connectivity index (χ4n) is 5.54. The molecule has 0 spiro atoms. The van der Waals surface area contributed by atoms with Crippen molar-refractivity contribution >= 4 is 58.5 Å². The van der Waals surface area contributed by atoms with Gasteiger partial charge in [-0.05, 0) is 72.5 Å². The highest BCUT2D eigenvalue weighted by Crippen LogP contribution is 2.23. The monoisotopic (exact) mass is 600 g/mol. The molecule has 2 N–H and O–H groups in total. The van der Waals surface area contributed by atoms with Crippen molar-refractivity contribution in [2.24, 2.45) is 0 Å². The predicted octanol–water partition coefficient (Wildman–Crippen LogP) is 4.67. The van der Waals surface area contributed by atoms with Crippen LogP contribution in [0.5, 0.6) is 0 Å². The average Bonchev–Trinajstić information content (AvgIpc) is 3.80. The Bertz CT molecular complexity index is 1450. The molecule has 3 aromatic rings. The summed E-state index contributed by atoms with van der Waals surface area (Å²) in [6.07, 6.45) is 7.19. The summed E-state index contributed by atoms with van der Waals surface area (Å²) < 4.78 is 4.94. The summed E-state index contributed by atoms with van der Waals surface area (Å²) in [7, 11) is 1.47. The van der Waals surface area contributed by atoms with Crippen LogP contribution < -0.4 is 10.6 Å². The second kappa shape index (κ2) is 14.3. The molecule has 2 atom stereocenters. The van der Waals surface area contributed by atoms with E-state index < -0.39 is 12.1 Å². The third-order valence-corrected chi connectivity index (χ3v) is 8.63. The summed E-state index contributed by atoms with van der Waals surface area (Å²) in [5, 5.41) is 7.84. The van der Waals surface area contributed by atoms with Crippen molar-refractivity contribution in [1.29, 1.82) is 0 Å². The summed E-state index contributed by atoms with van der Waals surface area (Å²) in [5.41, 5.74) is 3.28. The average molecular weight is 601 g/mol. The summed E-state index contributed by atoms with van der Waals surface area (Å²) in [5.74, 6) is -0.530. The molecular weight excluding hydrogens is 564 g/mol. The number of likely N-dealkylation sites (tertiary alicyclic amines) is 2. The van der Waals surface area contributed by atoms with Crippen LogP contribution in [-0.4, -0.2) is 72.3 Å². The van der Waals surface area contributed by atoms with Crippen molar-refractivity contribution in [3.05, 3.63) is 82.0 Å². The van der Waals surface area contributed by atoms with Crippen LogP contribution in [0, 0.1) is 0 Å². The lowest BCUT2D eigenvalue weighted by molar-refractivity contribution is -0.139. The number of thiophene rings is 1. The fourth-order valence-corrected chi connectivity index (χ4v) is 6.24. The molecular formula is C33H36N4O5S. The van der Waals surface area contributed by atoms with Crippen molar-refractivity contribution < 1.29 is 23.9 Å². The van der Waals surface area contributed by atoms with E-state index in [2.05, 4.69) is 10.6 Å². The zero-order chi connectivity index (χ0) is 30.2. The zero-order valence-corrected chi connectivity index (χ0v) is 25.0. The van der Waals surface area contributed by atoms with Gasteiger partial charge >= 0.3 is 0 Å². The Morgan fingerprint density at radius 3 is 1.77 bits per heavy atom. The standard InChI is InChI=1S/C33H36N4O5S/c1-42-22-31(39)37-19-3-7-29(37)33(41)35-26-16-12-24(13-17-26)9-8-23-10-14-25(15-11-23)34-32(40)28-6-2-18-36(28)30(38)21-27-5-4-20-43-27/h4-5,8-17,20,28-29H,2-3,6-7,18-19,21-22H2,1H3,(H,34,40)(H,35,41)/b9-8+/t28-,29-/m0/s1. The third-order valence-electron chi connectivity index (χ3n) is 7.75. The first-order valence-electron chi connectivity index (χ1n) is 14.5. The molecule has 0 aliphatic carbocycles. The number of carbonyl (C=O) groups excluding carboxylic acids is 4. The lowest BCUT2D eigenvalue weighted by atomic mass is 10.1. The molecule has 0 unspecified atom stereocenters. The lowest BCUT2D eigenvalue weighted by Crippen LogP contribution is -2.44. The largest absolute Gasteiger partial charge is 0.375 e. The van der Waals surface area contributed by atoms with Crippen LogP contribution in [0.4, 0.5) is 11.4 Å². The molecule has 10 heteroatoms. The van der Waals surface area contributed by atoms with Gasteiger partial charge in [-0.15, -0.1) is 11.3 Å². The molecule has 0 radical (unpaired) electrons. The Labute approximate surface area is 255 Å². The number of methoxy groups -OCH3 is 1. The molecule has 2 saturated heterocycles. The summed E-state index contributed by atoms with van der Waals surface area (Å²) in [4.78, 5) is 55.1. The molecule has 3 heterocycles. The number of ether oxygens (including phenoxy) is 1. The van der Waals surface area contributed by atoms with Crippen LogP contribution in [0.15, 0.2) is 66.0 Å². The molecule has 43 heavy (non-hydrogen) atoms. The summed E-state index contributed by atoms with van der Waals surface area (Å²) in [6.45, 7) is 1.14. The van der Waals surface area contributed by atoms with Gasteiger partial charge in [-0.2, -0.15) is 0 Å². The maximum atomic E-state index is 13.0. The Morgan fingerprint density at radius 1 is 0.791 bits per heavy atom. The Hall–Kier alpha value is -4.28. The number of anilines is 2. The minimum Gasteiger partial charge on any atom is -0.375 e. The van der Waals surface area contributed by atoms with Crippen LogP contribution >= 0.6 is 11.3 Å². The van der Waals surface area contributed by atoms with Gasteiger partial charge in [-0.3, -0.25) is 19.2 Å². The van der Waals surface area contributed by atoms with Crippen molar-refractivity contribution in [1.82, 2.24) is 9.80 Å². The first-order chi connectivity index (χ1) is 20.9. The van der Waals surface area contributed by atoms with Gasteiger partial charge < -0.3 is 25.2 Å². The van der Waals surface area contributed by atoms with Crippen molar-refractivity contribution in [2.45, 2.75) is 44.2 Å². The fraction of sp³-hybridized carbons (Fsp3) is 0.333. The lowest BCUT2D eigenvalue weighted by Gasteiger charge is -2.24. The maximum absolute atomic E-state index is 13.0. The first-order valence-corrected chi connectivity index (χ1v) is 15.4. The van der Waals surface area contributed by atoms with E-state index >= 15 is 0 Å². The maximum Gasteiger partial charge on any atom is 0.249 e. The van der Waals surface area contributed by atoms with Crippen molar-refractivity contribution in [2.75, 3.05) is 37.4 Å². The number of nitrogens with zero attached hydrogens (tertiary/aromatic N) is 2. The molecule has 1 aromatic heterocycles. The number of rotatable bonds is 10. The predicted molar refractivity (Wildman–Crippen MR) is 168 cm³/mol. The molecule has 2 aliphatic rings. The number of benzene rings is 2. The number of amides is 4. The molecule has 224 valence electrons. The molecule has 4 amide bonds. The van der Waals surface area contributed by atoms with Gasteiger partial charge in [0.05, 0.1) is 6.42 Å². The van der Waals surface area contributed by atoms with Crippen LogP contribution in [0.3, 0.4) is 0 Å². The molecule has 2 aliphatic heterocycles. The second-order valence-corrected chi connectivity index (χ2v) is 11.8. The van der Waals surface area contributed by atoms with Gasteiger partial charge in [0.1, 0.15) is 18.7 Å². The summed E-state index contributed by atoms with van der Waals surface area (Å²) >= 11 is 1.55. The molecule has 0 saturated carbocycles. The Kier molecular flexibility index (Phi) is 10.0. The smallest absolute Gasteiger partial charge is 0.249 e. The van der Waals surface area contributed by atoms with E-state index in [1.54, 1.807) is 21.1 Å². The molecule has 0 bridgehead atoms. The minimum atomic E-state index is -0.481. The number of hydrogen-bond donors (Lipinski definition) is 2. The zero-order valence-electron chi connectivity index (χ0n) is 24.2. The van der Waals surface area contributed by atoms with E-state index in [9.17, 15) is 19.2 Å². The second-order valence-electron chi connectivity index (χ2n) is 10.7. The number of nitrogens with one attached hydrogen (secondary N) is 2. The highest BCUT2D eigenvalue weighted by Gasteiger charge is 2.35. The quantitative estimate of drug-likeness (QED) is 0.329. The summed E-state index contributed by atoms with van der Waals surface area (Å²) in [6, 6.07) is 18.0. The van der Waals surface area contributed by atoms with Crippen LogP contribution in [-0.2, 0) is 30.3 Å². The topological polar surface area (TPSA) is 108 Å². The van der Waals surface area contributed by atoms with E-state index in [1.807, 2.05) is 78.2 Å². The van der Waals surface area contributed by atoms with Crippen molar-refractivity contribution in [3.8, 4) is 0 Å². The Balaban J connectivity index is 1.11. The van der Waals surface area contributed by atoms with Gasteiger partial charge in [0.25, 0.3) is 0 Å². The van der Waals surface area contributed by atoms with Gasteiger partial charge in [-0.1, -0.05) is 42.5 Å². The van der Waals surface area contributed by atoms with Crippen LogP contribution in [0.1, 0.15) is 41.7 Å². The van der Waals surface area contributed by atoms with E-state index in [1.165, 1.54) is 7.11 Å². The highest BCUT2D eigenvalue weighted by molar-refractivity contribution is 7.10. The highest BCUT2D eigenvalue weighted by atomic mass is 32.1. The van der Waals surface area contributed by atoms with E-state index in [-0.39, 0.29) is 30.2 Å². The Morgan fingerprint density at radius 2 is 1.30 bits per heavy atom. The van der Waals surface area contributed by atoms with Crippen LogP contribution in [0.25, 0.3) is 12.2 Å². The van der Waals surface area contributed by atoms with Crippen molar-refractivity contribution in [3.63, 3.8) is 0 Å². The third kappa shape index (κ3) is 7.77. The number of carbonyl (C=O) groups is 4. The van der Waals surface area contributed by atoms with Gasteiger partial charge in [-0.25, -0.2) is 0 Å². The van der Waals surface area contributed by atoms with Crippen LogP contribution in [0.2, 0.25) is 0 Å². The van der Waals surface area contributed by atoms with Gasteiger partial charge in [0, 0.05) is 36.5 Å². The number of hydrogen-bond acceptors (Lipinski definition) is 6. The molecule has 2 fully saturated rings. The molecule has 2 aromatic carbocycles. The van der Waals surface area contributed by atoms with E-state index in [0.717, 1.165) is 28.8 Å².